The fourth-order valence-corrected chi connectivity index (χ4v) is 3.67. The predicted octanol–water partition coefficient (Wildman–Crippen LogP) is 0.474. The molecule has 0 aliphatic carbocycles. The summed E-state index contributed by atoms with van der Waals surface area (Å²) < 4.78 is 25.1. The van der Waals surface area contributed by atoms with Crippen molar-refractivity contribution in [3.63, 3.8) is 0 Å². The van der Waals surface area contributed by atoms with Crippen molar-refractivity contribution >= 4 is 28.2 Å². The van der Waals surface area contributed by atoms with E-state index in [0.29, 0.717) is 6.54 Å². The second kappa shape index (κ2) is 7.84. The van der Waals surface area contributed by atoms with Gasteiger partial charge in [-0.05, 0) is 26.3 Å². The number of nitrogens with one attached hydrogen (secondary N) is 2. The predicted molar refractivity (Wildman–Crippen MR) is 96.1 cm³/mol. The lowest BCUT2D eigenvalue weighted by atomic mass is 9.90. The second-order valence-corrected chi connectivity index (χ2v) is 9.90. The molecule has 2 atom stereocenters. The quantitative estimate of drug-likeness (QED) is 0.777. The molecule has 1 aromatic heterocycles. The molecule has 1 aliphatic rings. The van der Waals surface area contributed by atoms with E-state index in [0.717, 1.165) is 12.1 Å². The Morgan fingerprint density at radius 3 is 2.62 bits per heavy atom. The smallest absolute Gasteiger partial charge is 0.225 e. The lowest BCUT2D eigenvalue weighted by Gasteiger charge is -2.20. The number of nitrogens with zero attached hydrogens (tertiary/aromatic N) is 2. The first-order valence-electron chi connectivity index (χ1n) is 7.81. The molecule has 0 spiro atoms. The van der Waals surface area contributed by atoms with Crippen LogP contribution < -0.4 is 10.6 Å². The van der Waals surface area contributed by atoms with Crippen LogP contribution in [0.3, 0.4) is 0 Å². The van der Waals surface area contributed by atoms with E-state index in [1.54, 1.807) is 31.6 Å². The molecule has 1 saturated heterocycles. The molecule has 0 radical (unpaired) electrons. The topological polar surface area (TPSA) is 93.1 Å². The summed E-state index contributed by atoms with van der Waals surface area (Å²) in [6.45, 7) is 6.48. The number of sulfone groups is 1. The van der Waals surface area contributed by atoms with Gasteiger partial charge in [0.25, 0.3) is 0 Å². The number of rotatable bonds is 5. The summed E-state index contributed by atoms with van der Waals surface area (Å²) in [5.41, 5.74) is 1.03. The molecule has 2 N–H and O–H groups in total. The van der Waals surface area contributed by atoms with Gasteiger partial charge in [-0.15, -0.1) is 12.4 Å². The van der Waals surface area contributed by atoms with E-state index in [-0.39, 0.29) is 42.4 Å². The summed E-state index contributed by atoms with van der Waals surface area (Å²) in [6, 6.07) is 0. The summed E-state index contributed by atoms with van der Waals surface area (Å²) in [5.74, 6) is -0.271. The van der Waals surface area contributed by atoms with Crippen LogP contribution in [0.25, 0.3) is 0 Å². The molecule has 0 aromatic carbocycles. The van der Waals surface area contributed by atoms with E-state index in [1.165, 1.54) is 0 Å². The zero-order valence-corrected chi connectivity index (χ0v) is 16.2. The number of amides is 1. The van der Waals surface area contributed by atoms with Gasteiger partial charge in [0.05, 0.1) is 22.6 Å². The molecule has 0 saturated carbocycles. The van der Waals surface area contributed by atoms with Crippen molar-refractivity contribution < 1.29 is 13.2 Å². The van der Waals surface area contributed by atoms with Crippen LogP contribution in [0.5, 0.6) is 0 Å². The molecular formula is C15H27ClN4O3S. The van der Waals surface area contributed by atoms with Crippen molar-refractivity contribution in [1.29, 1.82) is 0 Å². The Morgan fingerprint density at radius 2 is 2.08 bits per heavy atom. The summed E-state index contributed by atoms with van der Waals surface area (Å²) in [5, 5.41) is 10.2. The highest BCUT2D eigenvalue weighted by molar-refractivity contribution is 7.92. The third-order valence-electron chi connectivity index (χ3n) is 4.31. The number of aromatic nitrogens is 2. The molecule has 9 heteroatoms. The maximum atomic E-state index is 12.4. The third-order valence-corrected chi connectivity index (χ3v) is 6.91. The molecule has 1 aliphatic heterocycles. The van der Waals surface area contributed by atoms with Crippen LogP contribution in [-0.2, 0) is 21.7 Å². The minimum Gasteiger partial charge on any atom is -0.355 e. The molecule has 1 aromatic rings. The van der Waals surface area contributed by atoms with Crippen LogP contribution >= 0.6 is 12.4 Å². The minimum absolute atomic E-state index is 0. The Labute approximate surface area is 149 Å². The van der Waals surface area contributed by atoms with Crippen LogP contribution in [0.15, 0.2) is 12.4 Å². The number of hydrogen-bond donors (Lipinski definition) is 2. The van der Waals surface area contributed by atoms with Gasteiger partial charge in [0.1, 0.15) is 0 Å². The lowest BCUT2D eigenvalue weighted by Crippen LogP contribution is -2.40. The largest absolute Gasteiger partial charge is 0.355 e. The van der Waals surface area contributed by atoms with E-state index in [1.807, 2.05) is 13.2 Å². The highest BCUT2D eigenvalue weighted by Gasteiger charge is 2.35. The minimum atomic E-state index is -3.22. The second-order valence-electron chi connectivity index (χ2n) is 7.04. The van der Waals surface area contributed by atoms with Crippen LogP contribution in [0.4, 0.5) is 0 Å². The van der Waals surface area contributed by atoms with E-state index in [9.17, 15) is 13.2 Å². The Morgan fingerprint density at radius 1 is 1.42 bits per heavy atom. The molecule has 0 unspecified atom stereocenters. The van der Waals surface area contributed by atoms with Crippen molar-refractivity contribution in [2.45, 2.75) is 31.4 Å². The first kappa shape index (κ1) is 20.9. The summed E-state index contributed by atoms with van der Waals surface area (Å²) >= 11 is 0. The zero-order valence-electron chi connectivity index (χ0n) is 14.6. The van der Waals surface area contributed by atoms with Crippen molar-refractivity contribution in [3.8, 4) is 0 Å². The highest BCUT2D eigenvalue weighted by atomic mass is 35.5. The number of hydrogen-bond acceptors (Lipinski definition) is 5. The highest BCUT2D eigenvalue weighted by Crippen LogP contribution is 2.27. The van der Waals surface area contributed by atoms with Gasteiger partial charge < -0.3 is 10.6 Å². The van der Waals surface area contributed by atoms with Crippen molar-refractivity contribution in [2.24, 2.45) is 13.0 Å². The van der Waals surface area contributed by atoms with Gasteiger partial charge in [-0.3, -0.25) is 9.48 Å². The van der Waals surface area contributed by atoms with Gasteiger partial charge in [0, 0.05) is 38.8 Å². The van der Waals surface area contributed by atoms with E-state index < -0.39 is 14.6 Å². The molecule has 2 heterocycles. The first-order chi connectivity index (χ1) is 10.6. The van der Waals surface area contributed by atoms with Crippen LogP contribution in [0.2, 0.25) is 0 Å². The number of carbonyl (C=O) groups is 1. The number of aryl methyl sites for hydroxylation is 1. The molecule has 24 heavy (non-hydrogen) atoms. The van der Waals surface area contributed by atoms with E-state index in [2.05, 4.69) is 15.7 Å². The average molecular weight is 379 g/mol. The normalized spacial score (nSPS) is 21.3. The van der Waals surface area contributed by atoms with Crippen molar-refractivity contribution in [1.82, 2.24) is 20.4 Å². The van der Waals surface area contributed by atoms with Gasteiger partial charge in [0.15, 0.2) is 9.84 Å². The van der Waals surface area contributed by atoms with Crippen LogP contribution in [0.1, 0.15) is 32.3 Å². The Balaban J connectivity index is 0.00000288. The van der Waals surface area contributed by atoms with Gasteiger partial charge in [0.2, 0.25) is 5.91 Å². The number of halogens is 1. The first-order valence-corrected chi connectivity index (χ1v) is 9.46. The monoisotopic (exact) mass is 378 g/mol. The Bertz CT molecular complexity index is 667. The molecule has 1 fully saturated rings. The van der Waals surface area contributed by atoms with Crippen LogP contribution in [-0.4, -0.2) is 54.2 Å². The van der Waals surface area contributed by atoms with E-state index in [4.69, 9.17) is 0 Å². The standard InChI is InChI=1S/C15H26N4O3S.ClH/c1-15(2,3)23(21,22)6-5-17-14(20)13-9-16-8-12(13)11-7-18-19(4)10-11;/h7,10,12-13,16H,5-6,8-9H2,1-4H3,(H,17,20);1H/t12-,13+;/m1./s1. The maximum absolute atomic E-state index is 12.4. The molecule has 2 rings (SSSR count). The fraction of sp³-hybridized carbons (Fsp3) is 0.733. The zero-order chi connectivity index (χ0) is 17.3. The molecular weight excluding hydrogens is 352 g/mol. The van der Waals surface area contributed by atoms with Crippen LogP contribution in [0, 0.1) is 5.92 Å². The number of carbonyl (C=O) groups excluding carboxylic acids is 1. The summed E-state index contributed by atoms with van der Waals surface area (Å²) in [4.78, 5) is 12.4. The van der Waals surface area contributed by atoms with E-state index >= 15 is 0 Å². The van der Waals surface area contributed by atoms with Crippen molar-refractivity contribution in [2.75, 3.05) is 25.4 Å². The fourth-order valence-electron chi connectivity index (χ4n) is 2.68. The third kappa shape index (κ3) is 4.70. The van der Waals surface area contributed by atoms with Gasteiger partial charge in [-0.2, -0.15) is 5.10 Å². The summed E-state index contributed by atoms with van der Waals surface area (Å²) in [7, 11) is -1.38. The molecule has 7 nitrogen and oxygen atoms in total. The van der Waals surface area contributed by atoms with Crippen molar-refractivity contribution in [3.05, 3.63) is 18.0 Å². The van der Waals surface area contributed by atoms with Gasteiger partial charge >= 0.3 is 0 Å². The SMILES string of the molecule is Cl.Cn1cc([C@H]2CNC[C@@H]2C(=O)NCCS(=O)(=O)C(C)(C)C)cn1. The van der Waals surface area contributed by atoms with Gasteiger partial charge in [-0.25, -0.2) is 8.42 Å². The van der Waals surface area contributed by atoms with Gasteiger partial charge in [-0.1, -0.05) is 0 Å². The molecule has 0 bridgehead atoms. The Hall–Kier alpha value is -1.12. The maximum Gasteiger partial charge on any atom is 0.225 e. The lowest BCUT2D eigenvalue weighted by molar-refractivity contribution is -0.124. The molecule has 138 valence electrons. The average Bonchev–Trinajstić information content (AvgIpc) is 3.05. The molecule has 1 amide bonds. The Kier molecular flexibility index (Phi) is 6.84. The summed E-state index contributed by atoms with van der Waals surface area (Å²) in [6.07, 6.45) is 3.70.